The van der Waals surface area contributed by atoms with Crippen molar-refractivity contribution in [1.29, 1.82) is 0 Å². The van der Waals surface area contributed by atoms with Gasteiger partial charge in [-0.15, -0.1) is 5.10 Å². The Kier molecular flexibility index (Phi) is 6.73. The molecule has 0 radical (unpaired) electrons. The number of methoxy groups -OCH3 is 3. The van der Waals surface area contributed by atoms with Gasteiger partial charge < -0.3 is 19.5 Å². The van der Waals surface area contributed by atoms with E-state index in [4.69, 9.17) is 9.47 Å². The lowest BCUT2D eigenvalue weighted by Crippen LogP contribution is -2.43. The molecule has 1 heterocycles. The highest BCUT2D eigenvalue weighted by Crippen LogP contribution is 2.36. The van der Waals surface area contributed by atoms with Crippen LogP contribution in [0.1, 0.15) is 52.6 Å². The largest absolute Gasteiger partial charge is 0.495 e. The number of nitrogens with zero attached hydrogens (tertiary/aromatic N) is 3. The van der Waals surface area contributed by atoms with Crippen LogP contribution in [0.3, 0.4) is 0 Å². The van der Waals surface area contributed by atoms with E-state index in [-0.39, 0.29) is 23.7 Å². The van der Waals surface area contributed by atoms with E-state index in [2.05, 4.69) is 36.3 Å². The molecule has 0 saturated heterocycles. The van der Waals surface area contributed by atoms with Gasteiger partial charge in [-0.3, -0.25) is 4.79 Å². The summed E-state index contributed by atoms with van der Waals surface area (Å²) < 4.78 is 17.6. The number of rotatable bonds is 6. The van der Waals surface area contributed by atoms with Gasteiger partial charge in [0.15, 0.2) is 5.69 Å². The van der Waals surface area contributed by atoms with Gasteiger partial charge >= 0.3 is 5.97 Å². The summed E-state index contributed by atoms with van der Waals surface area (Å²) >= 11 is 3.41. The monoisotopic (exact) mass is 466 g/mol. The molecule has 3 rings (SSSR count). The molecule has 0 bridgehead atoms. The van der Waals surface area contributed by atoms with Crippen molar-refractivity contribution >= 4 is 27.8 Å². The first-order valence-electron chi connectivity index (χ1n) is 9.21. The van der Waals surface area contributed by atoms with Gasteiger partial charge in [0.2, 0.25) is 0 Å². The molecule has 0 spiro atoms. The molecule has 2 aromatic rings. The van der Waals surface area contributed by atoms with E-state index in [9.17, 15) is 9.59 Å². The molecule has 1 N–H and O–H groups in total. The van der Waals surface area contributed by atoms with E-state index in [1.165, 1.54) is 21.3 Å². The summed E-state index contributed by atoms with van der Waals surface area (Å²) in [6.07, 6.45) is 5.18. The third-order valence-electron chi connectivity index (χ3n) is 5.00. The maximum Gasteiger partial charge on any atom is 0.360 e. The molecule has 1 saturated carbocycles. The molecular weight excluding hydrogens is 444 g/mol. The van der Waals surface area contributed by atoms with Crippen LogP contribution in [-0.2, 0) is 4.74 Å². The second kappa shape index (κ2) is 9.25. The van der Waals surface area contributed by atoms with Crippen molar-refractivity contribution in [2.45, 2.75) is 37.8 Å². The Labute approximate surface area is 176 Å². The molecule has 1 aromatic heterocycles. The molecule has 10 heteroatoms. The predicted molar refractivity (Wildman–Crippen MR) is 107 cm³/mol. The number of ether oxygens (including phenoxy) is 3. The summed E-state index contributed by atoms with van der Waals surface area (Å²) in [5.41, 5.74) is 0.575. The third-order valence-corrected chi connectivity index (χ3v) is 5.78. The van der Waals surface area contributed by atoms with Gasteiger partial charge in [-0.1, -0.05) is 18.1 Å². The van der Waals surface area contributed by atoms with Crippen molar-refractivity contribution in [3.63, 3.8) is 0 Å². The van der Waals surface area contributed by atoms with Gasteiger partial charge in [0.1, 0.15) is 16.0 Å². The summed E-state index contributed by atoms with van der Waals surface area (Å²) in [6, 6.07) is 3.07. The quantitative estimate of drug-likeness (QED) is 0.652. The first-order chi connectivity index (χ1) is 14.0. The summed E-state index contributed by atoms with van der Waals surface area (Å²) in [5, 5.41) is 11.0. The van der Waals surface area contributed by atoms with Crippen LogP contribution in [0.25, 0.3) is 0 Å². The van der Waals surface area contributed by atoms with Crippen LogP contribution in [-0.4, -0.2) is 54.2 Å². The molecule has 1 aromatic carbocycles. The molecule has 1 aliphatic rings. The number of halogens is 1. The number of benzene rings is 1. The first-order valence-corrected chi connectivity index (χ1v) is 10.00. The Hall–Kier alpha value is -2.62. The van der Waals surface area contributed by atoms with Gasteiger partial charge in [-0.25, -0.2) is 9.48 Å². The number of carbonyl (C=O) groups excluding carboxylic acids is 2. The van der Waals surface area contributed by atoms with Gasteiger partial charge in [-0.2, -0.15) is 0 Å². The van der Waals surface area contributed by atoms with E-state index in [0.29, 0.717) is 21.5 Å². The molecule has 2 atom stereocenters. The van der Waals surface area contributed by atoms with Crippen molar-refractivity contribution in [2.75, 3.05) is 21.3 Å². The number of esters is 1. The zero-order chi connectivity index (χ0) is 21.0. The van der Waals surface area contributed by atoms with E-state index in [1.54, 1.807) is 23.0 Å². The number of hydrogen-bond acceptors (Lipinski definition) is 7. The van der Waals surface area contributed by atoms with Crippen molar-refractivity contribution in [3.05, 3.63) is 34.1 Å². The Morgan fingerprint density at radius 3 is 2.41 bits per heavy atom. The molecular formula is C19H23BrN4O5. The smallest absolute Gasteiger partial charge is 0.360 e. The van der Waals surface area contributed by atoms with E-state index in [1.807, 2.05) is 0 Å². The van der Waals surface area contributed by atoms with Gasteiger partial charge in [0, 0.05) is 5.56 Å². The van der Waals surface area contributed by atoms with Crippen LogP contribution in [0, 0.1) is 0 Å². The van der Waals surface area contributed by atoms with Gasteiger partial charge in [0.05, 0.1) is 39.6 Å². The molecule has 9 nitrogen and oxygen atoms in total. The van der Waals surface area contributed by atoms with Crippen LogP contribution in [0.5, 0.6) is 11.5 Å². The van der Waals surface area contributed by atoms with Crippen LogP contribution in [0.4, 0.5) is 0 Å². The maximum absolute atomic E-state index is 12.9. The fourth-order valence-electron chi connectivity index (χ4n) is 3.49. The number of nitrogens with one attached hydrogen (secondary N) is 1. The molecule has 0 unspecified atom stereocenters. The standard InChI is InChI=1S/C19H23BrN4O5/c1-27-15-8-11(9-16(28-2)17(15)20)18(25)21-12-6-4-5-7-14(12)24-10-13(22-23-24)19(26)29-3/h8-10,12,14H,4-7H2,1-3H3,(H,21,25)/t12-,14-/m0/s1. The van der Waals surface area contributed by atoms with Crippen LogP contribution in [0.15, 0.2) is 22.8 Å². The fourth-order valence-corrected chi connectivity index (χ4v) is 4.04. The van der Waals surface area contributed by atoms with Crippen LogP contribution >= 0.6 is 15.9 Å². The minimum absolute atomic E-state index is 0.0992. The minimum Gasteiger partial charge on any atom is -0.495 e. The summed E-state index contributed by atoms with van der Waals surface area (Å²) in [7, 11) is 4.36. The third kappa shape index (κ3) is 4.52. The van der Waals surface area contributed by atoms with E-state index >= 15 is 0 Å². The highest BCUT2D eigenvalue weighted by atomic mass is 79.9. The van der Waals surface area contributed by atoms with Crippen molar-refractivity contribution in [2.24, 2.45) is 0 Å². The fraction of sp³-hybridized carbons (Fsp3) is 0.474. The first kappa shape index (κ1) is 21.1. The van der Waals surface area contributed by atoms with E-state index in [0.717, 1.165) is 25.7 Å². The summed E-state index contributed by atoms with van der Waals surface area (Å²) in [5.74, 6) is 0.239. The predicted octanol–water partition coefficient (Wildman–Crippen LogP) is 2.76. The van der Waals surface area contributed by atoms with Gasteiger partial charge in [0.25, 0.3) is 5.91 Å². The van der Waals surface area contributed by atoms with E-state index < -0.39 is 5.97 Å². The Morgan fingerprint density at radius 2 is 1.79 bits per heavy atom. The number of hydrogen-bond donors (Lipinski definition) is 1. The topological polar surface area (TPSA) is 105 Å². The lowest BCUT2D eigenvalue weighted by atomic mass is 9.90. The van der Waals surface area contributed by atoms with Crippen molar-refractivity contribution < 1.29 is 23.8 Å². The average Bonchev–Trinajstić information content (AvgIpc) is 3.23. The Morgan fingerprint density at radius 1 is 1.14 bits per heavy atom. The van der Waals surface area contributed by atoms with Gasteiger partial charge in [-0.05, 0) is 40.9 Å². The Balaban J connectivity index is 1.81. The van der Waals surface area contributed by atoms with Crippen molar-refractivity contribution in [1.82, 2.24) is 20.3 Å². The lowest BCUT2D eigenvalue weighted by Gasteiger charge is -2.32. The van der Waals surface area contributed by atoms with Crippen LogP contribution < -0.4 is 14.8 Å². The second-order valence-corrected chi connectivity index (χ2v) is 7.49. The van der Waals surface area contributed by atoms with Crippen LogP contribution in [0.2, 0.25) is 0 Å². The highest BCUT2D eigenvalue weighted by Gasteiger charge is 2.30. The number of carbonyl (C=O) groups is 2. The summed E-state index contributed by atoms with van der Waals surface area (Å²) in [4.78, 5) is 24.6. The molecule has 156 valence electrons. The maximum atomic E-state index is 12.9. The molecule has 1 fully saturated rings. The summed E-state index contributed by atoms with van der Waals surface area (Å²) in [6.45, 7) is 0. The molecule has 0 aliphatic heterocycles. The zero-order valence-electron chi connectivity index (χ0n) is 16.5. The van der Waals surface area contributed by atoms with Crippen molar-refractivity contribution in [3.8, 4) is 11.5 Å². The Bertz CT molecular complexity index is 875. The zero-order valence-corrected chi connectivity index (χ0v) is 18.1. The second-order valence-electron chi connectivity index (χ2n) is 6.70. The molecule has 29 heavy (non-hydrogen) atoms. The SMILES string of the molecule is COC(=O)c1cn([C@H]2CCCC[C@@H]2NC(=O)c2cc(OC)c(Br)c(OC)c2)nn1. The highest BCUT2D eigenvalue weighted by molar-refractivity contribution is 9.10. The average molecular weight is 467 g/mol. The minimum atomic E-state index is -0.540. The number of aromatic nitrogens is 3. The molecule has 1 amide bonds. The normalized spacial score (nSPS) is 18.8. The lowest BCUT2D eigenvalue weighted by molar-refractivity contribution is 0.0593. The molecule has 1 aliphatic carbocycles. The number of amides is 1.